The first-order valence-corrected chi connectivity index (χ1v) is 7.35. The first-order chi connectivity index (χ1) is 9.09. The molecule has 0 bridgehead atoms. The first-order valence-electron chi connectivity index (χ1n) is 5.87. The highest BCUT2D eigenvalue weighted by atomic mass is 32.2. The molecule has 1 rings (SSSR count). The van der Waals surface area contributed by atoms with E-state index in [9.17, 15) is 13.2 Å². The number of hydrogen-bond donors (Lipinski definition) is 4. The van der Waals surface area contributed by atoms with Gasteiger partial charge in [-0.2, -0.15) is 0 Å². The van der Waals surface area contributed by atoms with Crippen molar-refractivity contribution >= 4 is 21.7 Å². The summed E-state index contributed by atoms with van der Waals surface area (Å²) in [5.74, 6) is -1.38. The molecule has 20 heavy (non-hydrogen) atoms. The van der Waals surface area contributed by atoms with Gasteiger partial charge in [0.15, 0.2) is 0 Å². The SMILES string of the molecule is CC(C)(CCO)NS(=O)(=O)c1ccc(N)cc1C(=O)O. The number of aliphatic hydroxyl groups is 1. The number of anilines is 1. The van der Waals surface area contributed by atoms with Gasteiger partial charge in [0.05, 0.1) is 10.5 Å². The van der Waals surface area contributed by atoms with Gasteiger partial charge in [-0.1, -0.05) is 0 Å². The fraction of sp³-hybridized carbons (Fsp3) is 0.417. The standard InChI is InChI=1S/C12H18N2O5S/c1-12(2,5-6-15)14-20(18,19)10-4-3-8(13)7-9(10)11(16)17/h3-4,7,14-15H,5-6,13H2,1-2H3,(H,16,17). The quantitative estimate of drug-likeness (QED) is 0.563. The number of nitrogens with two attached hydrogens (primary N) is 1. The van der Waals surface area contributed by atoms with Gasteiger partial charge in [-0.3, -0.25) is 0 Å². The molecule has 0 heterocycles. The Hall–Kier alpha value is -1.64. The molecule has 0 aliphatic rings. The van der Waals surface area contributed by atoms with E-state index >= 15 is 0 Å². The van der Waals surface area contributed by atoms with Gasteiger partial charge in [0, 0.05) is 17.8 Å². The lowest BCUT2D eigenvalue weighted by Crippen LogP contribution is -2.44. The number of aliphatic hydroxyl groups excluding tert-OH is 1. The minimum Gasteiger partial charge on any atom is -0.478 e. The van der Waals surface area contributed by atoms with E-state index in [2.05, 4.69) is 4.72 Å². The van der Waals surface area contributed by atoms with E-state index in [0.717, 1.165) is 12.1 Å². The van der Waals surface area contributed by atoms with Crippen molar-refractivity contribution in [3.63, 3.8) is 0 Å². The molecule has 0 amide bonds. The summed E-state index contributed by atoms with van der Waals surface area (Å²) in [6.45, 7) is 3.00. The number of aromatic carboxylic acids is 1. The van der Waals surface area contributed by atoms with E-state index in [-0.39, 0.29) is 23.6 Å². The van der Waals surface area contributed by atoms with Crippen molar-refractivity contribution in [2.75, 3.05) is 12.3 Å². The Balaban J connectivity index is 3.26. The number of sulfonamides is 1. The third kappa shape index (κ3) is 3.92. The van der Waals surface area contributed by atoms with E-state index in [1.165, 1.54) is 6.07 Å². The molecule has 0 spiro atoms. The molecule has 112 valence electrons. The number of carboxylic acid groups (broad SMARTS) is 1. The molecule has 0 aromatic heterocycles. The van der Waals surface area contributed by atoms with Crippen molar-refractivity contribution in [3.8, 4) is 0 Å². The Morgan fingerprint density at radius 1 is 1.40 bits per heavy atom. The smallest absolute Gasteiger partial charge is 0.337 e. The Morgan fingerprint density at radius 2 is 2.00 bits per heavy atom. The molecule has 0 saturated heterocycles. The maximum Gasteiger partial charge on any atom is 0.337 e. The summed E-state index contributed by atoms with van der Waals surface area (Å²) in [5, 5.41) is 18.0. The zero-order valence-electron chi connectivity index (χ0n) is 11.3. The number of nitrogen functional groups attached to an aromatic ring is 1. The lowest BCUT2D eigenvalue weighted by atomic mass is 10.0. The van der Waals surface area contributed by atoms with Crippen LogP contribution in [0.3, 0.4) is 0 Å². The average Bonchev–Trinajstić information content (AvgIpc) is 2.26. The fourth-order valence-electron chi connectivity index (χ4n) is 1.70. The summed E-state index contributed by atoms with van der Waals surface area (Å²) in [6, 6.07) is 3.56. The largest absolute Gasteiger partial charge is 0.478 e. The normalized spacial score (nSPS) is 12.3. The molecule has 0 radical (unpaired) electrons. The third-order valence-electron chi connectivity index (χ3n) is 2.67. The minimum absolute atomic E-state index is 0.163. The Morgan fingerprint density at radius 3 is 2.50 bits per heavy atom. The first kappa shape index (κ1) is 16.4. The third-order valence-corrected chi connectivity index (χ3v) is 4.43. The van der Waals surface area contributed by atoms with Crippen molar-refractivity contribution < 1.29 is 23.4 Å². The molecule has 1 aromatic rings. The van der Waals surface area contributed by atoms with Crippen LogP contribution in [0, 0.1) is 0 Å². The zero-order valence-corrected chi connectivity index (χ0v) is 12.1. The Labute approximate surface area is 117 Å². The Kier molecular flexibility index (Phi) is 4.74. The maximum absolute atomic E-state index is 12.3. The minimum atomic E-state index is -4.03. The van der Waals surface area contributed by atoms with Crippen molar-refractivity contribution in [1.29, 1.82) is 0 Å². The molecule has 0 unspecified atom stereocenters. The number of carbonyl (C=O) groups is 1. The lowest BCUT2D eigenvalue weighted by Gasteiger charge is -2.25. The van der Waals surface area contributed by atoms with Crippen LogP contribution in [0.5, 0.6) is 0 Å². The van der Waals surface area contributed by atoms with Crippen LogP contribution in [0.25, 0.3) is 0 Å². The summed E-state index contributed by atoms with van der Waals surface area (Å²) in [7, 11) is -4.03. The predicted molar refractivity (Wildman–Crippen MR) is 73.9 cm³/mol. The number of carboxylic acids is 1. The van der Waals surface area contributed by atoms with Crippen LogP contribution in [0.1, 0.15) is 30.6 Å². The monoisotopic (exact) mass is 302 g/mol. The van der Waals surface area contributed by atoms with Crippen LogP contribution in [0.2, 0.25) is 0 Å². The lowest BCUT2D eigenvalue weighted by molar-refractivity contribution is 0.0692. The predicted octanol–water partition coefficient (Wildman–Crippen LogP) is 0.406. The van der Waals surface area contributed by atoms with E-state index in [0.29, 0.717) is 0 Å². The highest BCUT2D eigenvalue weighted by Gasteiger charge is 2.29. The number of nitrogens with one attached hydrogen (secondary N) is 1. The molecule has 0 atom stereocenters. The van der Waals surface area contributed by atoms with Crippen LogP contribution < -0.4 is 10.5 Å². The summed E-state index contributed by atoms with van der Waals surface area (Å²) in [6.07, 6.45) is 0.198. The van der Waals surface area contributed by atoms with Crippen molar-refractivity contribution in [1.82, 2.24) is 4.72 Å². The van der Waals surface area contributed by atoms with Gasteiger partial charge >= 0.3 is 5.97 Å². The molecule has 8 heteroatoms. The van der Waals surface area contributed by atoms with Crippen LogP contribution >= 0.6 is 0 Å². The number of rotatable bonds is 6. The molecule has 1 aromatic carbocycles. The van der Waals surface area contributed by atoms with Crippen molar-refractivity contribution in [2.45, 2.75) is 30.7 Å². The van der Waals surface area contributed by atoms with E-state index in [1.54, 1.807) is 13.8 Å². The van der Waals surface area contributed by atoms with Gasteiger partial charge in [0.25, 0.3) is 0 Å². The molecule has 7 nitrogen and oxygen atoms in total. The molecule has 0 saturated carbocycles. The zero-order chi connectivity index (χ0) is 15.6. The fourth-order valence-corrected chi connectivity index (χ4v) is 3.32. The van der Waals surface area contributed by atoms with Gasteiger partial charge in [-0.15, -0.1) is 0 Å². The molecular weight excluding hydrogens is 284 g/mol. The second-order valence-corrected chi connectivity index (χ2v) is 6.67. The molecule has 0 aliphatic carbocycles. The molecule has 5 N–H and O–H groups in total. The highest BCUT2D eigenvalue weighted by molar-refractivity contribution is 7.89. The topological polar surface area (TPSA) is 130 Å². The van der Waals surface area contributed by atoms with Crippen LogP contribution in [-0.2, 0) is 10.0 Å². The van der Waals surface area contributed by atoms with E-state index < -0.39 is 27.1 Å². The van der Waals surface area contributed by atoms with Crippen LogP contribution in [0.4, 0.5) is 5.69 Å². The van der Waals surface area contributed by atoms with Crippen LogP contribution in [-0.4, -0.2) is 36.7 Å². The summed E-state index contributed by atoms with van der Waals surface area (Å²) < 4.78 is 26.9. The second kappa shape index (κ2) is 5.78. The van der Waals surface area contributed by atoms with Crippen LogP contribution in [0.15, 0.2) is 23.1 Å². The summed E-state index contributed by atoms with van der Waals surface area (Å²) in [5.41, 5.74) is 4.35. The Bertz CT molecular complexity index is 610. The van der Waals surface area contributed by atoms with Gasteiger partial charge in [0.1, 0.15) is 0 Å². The van der Waals surface area contributed by atoms with Crippen molar-refractivity contribution in [3.05, 3.63) is 23.8 Å². The summed E-state index contributed by atoms with van der Waals surface area (Å²) >= 11 is 0. The molecule has 0 aliphatic heterocycles. The van der Waals surface area contributed by atoms with Gasteiger partial charge in [-0.05, 0) is 38.5 Å². The van der Waals surface area contributed by atoms with Gasteiger partial charge in [0.2, 0.25) is 10.0 Å². The number of benzene rings is 1. The maximum atomic E-state index is 12.3. The van der Waals surface area contributed by atoms with Crippen molar-refractivity contribution in [2.24, 2.45) is 0 Å². The number of hydrogen-bond acceptors (Lipinski definition) is 5. The summed E-state index contributed by atoms with van der Waals surface area (Å²) in [4.78, 5) is 10.8. The van der Waals surface area contributed by atoms with E-state index in [4.69, 9.17) is 15.9 Å². The van der Waals surface area contributed by atoms with Gasteiger partial charge in [-0.25, -0.2) is 17.9 Å². The van der Waals surface area contributed by atoms with Gasteiger partial charge < -0.3 is 15.9 Å². The highest BCUT2D eigenvalue weighted by Crippen LogP contribution is 2.21. The molecular formula is C12H18N2O5S. The van der Waals surface area contributed by atoms with E-state index in [1.807, 2.05) is 0 Å². The average molecular weight is 302 g/mol. The molecule has 0 fully saturated rings. The second-order valence-electron chi connectivity index (χ2n) is 5.02.